The molecule has 0 radical (unpaired) electrons. The summed E-state index contributed by atoms with van der Waals surface area (Å²) in [6.45, 7) is 7.08. The second-order valence-electron chi connectivity index (χ2n) is 11.4. The van der Waals surface area contributed by atoms with Crippen molar-refractivity contribution in [2.45, 2.75) is 80.6 Å². The van der Waals surface area contributed by atoms with Gasteiger partial charge in [0.05, 0.1) is 0 Å². The van der Waals surface area contributed by atoms with Gasteiger partial charge in [-0.3, -0.25) is 0 Å². The van der Waals surface area contributed by atoms with Gasteiger partial charge in [0.25, 0.3) is 0 Å². The van der Waals surface area contributed by atoms with Gasteiger partial charge < -0.3 is 24.8 Å². The van der Waals surface area contributed by atoms with E-state index in [9.17, 15) is 0 Å². The molecule has 2 aliphatic rings. The molecular weight excluding hydrogens is 594 g/mol. The van der Waals surface area contributed by atoms with Gasteiger partial charge in [0.1, 0.15) is 0 Å². The van der Waals surface area contributed by atoms with E-state index in [4.69, 9.17) is 0 Å². The first-order chi connectivity index (χ1) is 19.2. The maximum absolute atomic E-state index is 2.67. The zero-order valence-corrected chi connectivity index (χ0v) is 29.0. The molecule has 0 N–H and O–H groups in total. The molecule has 3 aromatic carbocycles. The predicted octanol–water partition coefficient (Wildman–Crippen LogP) is 5.64. The normalized spacial score (nSPS) is 16.7. The zero-order valence-electron chi connectivity index (χ0n) is 25.0. The van der Waals surface area contributed by atoms with E-state index in [1.807, 2.05) is 5.31 Å². The third-order valence-corrected chi connectivity index (χ3v) is 14.9. The Morgan fingerprint density at radius 1 is 0.634 bits per heavy atom. The minimum absolute atomic E-state index is 0. The van der Waals surface area contributed by atoms with Crippen molar-refractivity contribution in [3.63, 3.8) is 0 Å². The van der Waals surface area contributed by atoms with Crippen molar-refractivity contribution in [3.8, 4) is 11.1 Å². The molecule has 0 aliphatic heterocycles. The van der Waals surface area contributed by atoms with Gasteiger partial charge in [0.15, 0.2) is 0 Å². The van der Waals surface area contributed by atoms with E-state index in [1.54, 1.807) is 16.7 Å². The van der Waals surface area contributed by atoms with Crippen LogP contribution in [0.5, 0.6) is 0 Å². The first-order valence-corrected chi connectivity index (χ1v) is 18.9. The fourth-order valence-electron chi connectivity index (χ4n) is 6.39. The molecule has 0 nitrogen and oxygen atoms in total. The molecule has 0 fully saturated rings. The van der Waals surface area contributed by atoms with Crippen molar-refractivity contribution in [1.82, 2.24) is 0 Å². The van der Waals surface area contributed by atoms with E-state index in [-0.39, 0.29) is 51.9 Å². The van der Waals surface area contributed by atoms with Crippen LogP contribution in [0, 0.1) is 0 Å². The molecule has 0 saturated heterocycles. The van der Waals surface area contributed by atoms with Crippen LogP contribution in [0.2, 0.25) is 0 Å². The van der Waals surface area contributed by atoms with Gasteiger partial charge in [-0.15, -0.1) is 0 Å². The summed E-state index contributed by atoms with van der Waals surface area (Å²) in [6, 6.07) is 27.4. The number of halogens is 2. The van der Waals surface area contributed by atoms with Gasteiger partial charge in [-0.05, 0) is 0 Å². The quantitative estimate of drug-likeness (QED) is 0.122. The topological polar surface area (TPSA) is 0 Å². The van der Waals surface area contributed by atoms with Crippen LogP contribution in [0.15, 0.2) is 83.7 Å². The summed E-state index contributed by atoms with van der Waals surface area (Å²) >= 11 is -0.305. The summed E-state index contributed by atoms with van der Waals surface area (Å²) in [5.74, 6) is 0. The number of allylic oxidation sites excluding steroid dienone is 2. The molecule has 3 aromatic rings. The van der Waals surface area contributed by atoms with Crippen LogP contribution < -0.4 is 24.8 Å². The first kappa shape index (κ1) is 34.4. The van der Waals surface area contributed by atoms with Crippen LogP contribution in [0.25, 0.3) is 23.3 Å². The Morgan fingerprint density at radius 3 is 1.95 bits per heavy atom. The molecule has 5 rings (SSSR count). The second-order valence-corrected chi connectivity index (χ2v) is 16.2. The molecule has 41 heavy (non-hydrogen) atoms. The number of hydrogen-bond donors (Lipinski definition) is 0. The molecule has 0 saturated carbocycles. The van der Waals surface area contributed by atoms with Crippen LogP contribution in [0.1, 0.15) is 103 Å². The minimum atomic E-state index is -0.305. The molecule has 0 amide bonds. The SMILES string of the molecule is CCCCCCP(CCCCCC)C1=Cc2ccccc2[CH]1[Ti+2][CH]1C(C)=Cc2c(-c3ccccc3)cccc21.[Cl-].[Cl-]. The van der Waals surface area contributed by atoms with E-state index in [2.05, 4.69) is 106 Å². The third-order valence-electron chi connectivity index (χ3n) is 8.53. The molecule has 2 unspecified atom stereocenters. The molecular formula is C37H45Cl2PTi. The van der Waals surface area contributed by atoms with Crippen molar-refractivity contribution < 1.29 is 44.0 Å². The molecule has 4 heteroatoms. The van der Waals surface area contributed by atoms with E-state index < -0.39 is 0 Å². The Morgan fingerprint density at radius 2 is 1.27 bits per heavy atom. The summed E-state index contributed by atoms with van der Waals surface area (Å²) in [5.41, 5.74) is 10.6. The standard InChI is InChI=1S/C21H32P.C16H13.2ClH.Ti/c1-3-5-7-11-15-22(16-12-8-6-4-2)21-17-19-13-9-10-14-20(19)18-21;1-12-10-14-8-5-9-15(16(14)11-12)13-6-3-2-4-7-13;;;/h9-10,13-14,17-18H,3-8,11-12,15-16H2,1-2H3;2-11H,1H3;2*1H;/q;;;;+2/p-2. The fraction of sp³-hybridized carbons (Fsp3) is 0.405. The van der Waals surface area contributed by atoms with Gasteiger partial charge in [-0.1, -0.05) is 0 Å². The Hall–Kier alpha value is -1.14. The van der Waals surface area contributed by atoms with Gasteiger partial charge in [0.2, 0.25) is 0 Å². The maximum atomic E-state index is 2.67. The van der Waals surface area contributed by atoms with Crippen molar-refractivity contribution in [1.29, 1.82) is 0 Å². The van der Waals surface area contributed by atoms with Gasteiger partial charge >= 0.3 is 249 Å². The van der Waals surface area contributed by atoms with Crippen molar-refractivity contribution in [2.24, 2.45) is 0 Å². The van der Waals surface area contributed by atoms with E-state index in [1.165, 1.54) is 85.9 Å². The third kappa shape index (κ3) is 8.28. The Kier molecular flexibility index (Phi) is 14.4. The number of unbranched alkanes of at least 4 members (excludes halogenated alkanes) is 6. The van der Waals surface area contributed by atoms with E-state index in [0.717, 1.165) is 0 Å². The fourth-order valence-corrected chi connectivity index (χ4v) is 13.2. The number of rotatable bonds is 14. The maximum Gasteiger partial charge on any atom is -1.00 e. The largest absolute Gasteiger partial charge is 1.00 e. The van der Waals surface area contributed by atoms with Crippen LogP contribution in [0.3, 0.4) is 0 Å². The van der Waals surface area contributed by atoms with Crippen LogP contribution >= 0.6 is 7.92 Å². The van der Waals surface area contributed by atoms with Crippen LogP contribution in [0.4, 0.5) is 0 Å². The zero-order chi connectivity index (χ0) is 27.0. The first-order valence-electron chi connectivity index (χ1n) is 15.4. The van der Waals surface area contributed by atoms with Gasteiger partial charge in [-0.2, -0.15) is 0 Å². The Bertz CT molecular complexity index is 1290. The van der Waals surface area contributed by atoms with Crippen molar-refractivity contribution in [2.75, 3.05) is 12.3 Å². The number of benzene rings is 3. The molecule has 2 atom stereocenters. The minimum Gasteiger partial charge on any atom is -1.00 e. The van der Waals surface area contributed by atoms with E-state index >= 15 is 0 Å². The Labute approximate surface area is 272 Å². The molecule has 0 spiro atoms. The van der Waals surface area contributed by atoms with Crippen LogP contribution in [-0.4, -0.2) is 12.3 Å². The average Bonchev–Trinajstić information content (AvgIpc) is 3.50. The van der Waals surface area contributed by atoms with Crippen molar-refractivity contribution >= 4 is 20.1 Å². The molecule has 0 aromatic heterocycles. The summed E-state index contributed by atoms with van der Waals surface area (Å²) in [4.78, 5) is 0. The number of fused-ring (bicyclic) bond motifs is 2. The molecule has 0 bridgehead atoms. The summed E-state index contributed by atoms with van der Waals surface area (Å²) in [5, 5.41) is 1.86. The monoisotopic (exact) mass is 638 g/mol. The van der Waals surface area contributed by atoms with Crippen molar-refractivity contribution in [3.05, 3.63) is 106 Å². The number of hydrogen-bond acceptors (Lipinski definition) is 0. The van der Waals surface area contributed by atoms with E-state index in [0.29, 0.717) is 8.45 Å². The molecule has 0 heterocycles. The van der Waals surface area contributed by atoms with Gasteiger partial charge in [0, 0.05) is 0 Å². The average molecular weight is 640 g/mol. The van der Waals surface area contributed by atoms with Crippen LogP contribution in [-0.2, 0) is 19.2 Å². The molecule has 2 aliphatic carbocycles. The summed E-state index contributed by atoms with van der Waals surface area (Å²) in [6.07, 6.45) is 19.2. The summed E-state index contributed by atoms with van der Waals surface area (Å²) < 4.78 is 1.31. The second kappa shape index (κ2) is 17.2. The summed E-state index contributed by atoms with van der Waals surface area (Å²) in [7, 11) is -0.0519. The molecule has 216 valence electrons. The predicted molar refractivity (Wildman–Crippen MR) is 170 cm³/mol. The van der Waals surface area contributed by atoms with Gasteiger partial charge in [-0.25, -0.2) is 0 Å². The smallest absolute Gasteiger partial charge is 1.00 e. The Balaban J connectivity index is 0.00000231.